The molecule has 0 saturated heterocycles. The van der Waals surface area contributed by atoms with Gasteiger partial charge in [0.2, 0.25) is 0 Å². The van der Waals surface area contributed by atoms with Crippen molar-refractivity contribution in [1.82, 2.24) is 0 Å². The maximum Gasteiger partial charge on any atom is 0.0660 e. The minimum atomic E-state index is -0.287. The molecule has 0 fully saturated rings. The van der Waals surface area contributed by atoms with Crippen LogP contribution >= 0.6 is 12.6 Å². The van der Waals surface area contributed by atoms with Crippen LogP contribution in [0.2, 0.25) is 0 Å². The number of rotatable bonds is 2. The van der Waals surface area contributed by atoms with Crippen molar-refractivity contribution in [3.63, 3.8) is 0 Å². The van der Waals surface area contributed by atoms with Gasteiger partial charge in [-0.05, 0) is 25.3 Å². The molecule has 0 bridgehead atoms. The van der Waals surface area contributed by atoms with Gasteiger partial charge in [0, 0.05) is 10.2 Å². The molecule has 1 nitrogen and oxygen atoms in total. The lowest BCUT2D eigenvalue weighted by atomic mass is 9.86. The molecule has 1 aliphatic rings. The molecule has 1 aliphatic carbocycles. The smallest absolute Gasteiger partial charge is 0.0660 e. The molecular weight excluding hydrogens is 238 g/mol. The van der Waals surface area contributed by atoms with Crippen molar-refractivity contribution in [1.29, 1.82) is 0 Å². The lowest BCUT2D eigenvalue weighted by molar-refractivity contribution is 0.614. The Balaban J connectivity index is 0.00000137. The highest BCUT2D eigenvalue weighted by Gasteiger charge is 2.21. The zero-order valence-electron chi connectivity index (χ0n) is 12.2. The summed E-state index contributed by atoms with van der Waals surface area (Å²) in [5.74, 6) is 0. The fourth-order valence-electron chi connectivity index (χ4n) is 1.60. The van der Waals surface area contributed by atoms with Gasteiger partial charge in [0.05, 0.1) is 5.70 Å². The lowest BCUT2D eigenvalue weighted by Crippen LogP contribution is -2.15. The van der Waals surface area contributed by atoms with Gasteiger partial charge in [0.15, 0.2) is 0 Å². The van der Waals surface area contributed by atoms with Crippen LogP contribution in [-0.4, -0.2) is 11.5 Å². The highest BCUT2D eigenvalue weighted by atomic mass is 32.1. The second kappa shape index (κ2) is 6.79. The van der Waals surface area contributed by atoms with Gasteiger partial charge < -0.3 is 0 Å². The Hall–Kier alpha value is -1.02. The molecule has 1 unspecified atom stereocenters. The average Bonchev–Trinajstić information content (AvgIpc) is 2.33. The van der Waals surface area contributed by atoms with Gasteiger partial charge in [-0.2, -0.15) is 12.6 Å². The van der Waals surface area contributed by atoms with Gasteiger partial charge in [-0.1, -0.05) is 58.6 Å². The van der Waals surface area contributed by atoms with Gasteiger partial charge in [0.1, 0.15) is 0 Å². The molecule has 0 aromatic heterocycles. The molecule has 18 heavy (non-hydrogen) atoms. The summed E-state index contributed by atoms with van der Waals surface area (Å²) in [6, 6.07) is 0. The van der Waals surface area contributed by atoms with Crippen molar-refractivity contribution in [2.75, 3.05) is 0 Å². The first-order chi connectivity index (χ1) is 8.29. The monoisotopic (exact) mass is 263 g/mol. The number of aliphatic imine (C=N–C) groups is 1. The van der Waals surface area contributed by atoms with E-state index in [2.05, 4.69) is 63.0 Å². The van der Waals surface area contributed by atoms with Crippen molar-refractivity contribution in [2.45, 2.75) is 39.4 Å². The van der Waals surface area contributed by atoms with Crippen LogP contribution in [0.15, 0.2) is 53.2 Å². The van der Waals surface area contributed by atoms with Crippen molar-refractivity contribution in [3.8, 4) is 0 Å². The molecule has 0 radical (unpaired) electrons. The third-order valence-electron chi connectivity index (χ3n) is 2.49. The molecule has 0 aromatic rings. The highest BCUT2D eigenvalue weighted by Crippen LogP contribution is 2.32. The van der Waals surface area contributed by atoms with Gasteiger partial charge in [0.25, 0.3) is 0 Å². The number of thiol groups is 1. The Bertz CT molecular complexity index is 357. The molecule has 0 heterocycles. The Labute approximate surface area is 118 Å². The Kier molecular flexibility index (Phi) is 6.41. The van der Waals surface area contributed by atoms with E-state index in [0.717, 1.165) is 11.3 Å². The third-order valence-corrected chi connectivity index (χ3v) is 2.77. The van der Waals surface area contributed by atoms with E-state index in [9.17, 15) is 0 Å². The van der Waals surface area contributed by atoms with E-state index in [0.29, 0.717) is 0 Å². The molecule has 2 heteroatoms. The molecule has 1 atom stereocenters. The van der Waals surface area contributed by atoms with E-state index < -0.39 is 0 Å². The summed E-state index contributed by atoms with van der Waals surface area (Å²) >= 11 is 4.61. The second-order valence-electron chi connectivity index (χ2n) is 4.87. The molecule has 0 aliphatic heterocycles. The predicted molar refractivity (Wildman–Crippen MR) is 87.6 cm³/mol. The van der Waals surface area contributed by atoms with Gasteiger partial charge in [-0.3, -0.25) is 4.99 Å². The first-order valence-corrected chi connectivity index (χ1v) is 6.72. The molecule has 100 valence electrons. The van der Waals surface area contributed by atoms with E-state index >= 15 is 0 Å². The minimum absolute atomic E-state index is 0.0525. The predicted octanol–water partition coefficient (Wildman–Crippen LogP) is 4.99. The van der Waals surface area contributed by atoms with Crippen molar-refractivity contribution in [2.24, 2.45) is 10.4 Å². The van der Waals surface area contributed by atoms with Gasteiger partial charge >= 0.3 is 0 Å². The second-order valence-corrected chi connectivity index (χ2v) is 5.84. The number of allylic oxidation sites excluding steroid dienone is 3. The summed E-state index contributed by atoms with van der Waals surface area (Å²) in [6.45, 7) is 17.7. The van der Waals surface area contributed by atoms with E-state index in [4.69, 9.17) is 0 Å². The standard InChI is InChI=1S/C14H19NS.C2H6/c1-6-11-9-14(4,16)8-7-13(2,3)10-12(11)15-5;1-2/h6-10,16H,1,5H2,2-4H3;1-2H3/b8-7-,11-9-,12-10+;. The van der Waals surface area contributed by atoms with Crippen LogP contribution in [0.4, 0.5) is 0 Å². The molecule has 0 spiro atoms. The fourth-order valence-corrected chi connectivity index (χ4v) is 1.82. The third kappa shape index (κ3) is 5.09. The van der Waals surface area contributed by atoms with Crippen molar-refractivity contribution >= 4 is 19.3 Å². The SMILES string of the molecule is C=CC1=C/C(C)(S)/C=C\C(C)(C)/C=C\1N=C.CC. The zero-order chi connectivity index (χ0) is 14.4. The quantitative estimate of drug-likeness (QED) is 0.409. The van der Waals surface area contributed by atoms with E-state index in [1.165, 1.54) is 0 Å². The Morgan fingerprint density at radius 2 is 1.72 bits per heavy atom. The molecule has 0 amide bonds. The number of hydrogen-bond donors (Lipinski definition) is 1. The van der Waals surface area contributed by atoms with E-state index in [1.54, 1.807) is 6.08 Å². The van der Waals surface area contributed by atoms with Crippen LogP contribution in [-0.2, 0) is 0 Å². The fraction of sp³-hybridized carbons (Fsp3) is 0.438. The van der Waals surface area contributed by atoms with Crippen molar-refractivity contribution in [3.05, 3.63) is 48.2 Å². The van der Waals surface area contributed by atoms with Crippen LogP contribution in [0.3, 0.4) is 0 Å². The number of nitrogens with zero attached hydrogens (tertiary/aromatic N) is 1. The van der Waals surface area contributed by atoms with E-state index in [1.807, 2.05) is 26.8 Å². The normalized spacial score (nSPS) is 33.2. The van der Waals surface area contributed by atoms with E-state index in [-0.39, 0.29) is 10.2 Å². The molecule has 0 saturated carbocycles. The highest BCUT2D eigenvalue weighted by molar-refractivity contribution is 7.82. The maximum absolute atomic E-state index is 4.61. The van der Waals surface area contributed by atoms with Crippen LogP contribution in [0.5, 0.6) is 0 Å². The molecule has 0 aromatic carbocycles. The van der Waals surface area contributed by atoms with Crippen LogP contribution in [0.25, 0.3) is 0 Å². The maximum atomic E-state index is 4.61. The first kappa shape index (κ1) is 17.0. The topological polar surface area (TPSA) is 12.4 Å². The van der Waals surface area contributed by atoms with Crippen LogP contribution < -0.4 is 0 Å². The lowest BCUT2D eigenvalue weighted by Gasteiger charge is -2.24. The summed E-state index contributed by atoms with van der Waals surface area (Å²) in [6.07, 6.45) is 10.2. The summed E-state index contributed by atoms with van der Waals surface area (Å²) < 4.78 is -0.287. The Morgan fingerprint density at radius 3 is 2.17 bits per heavy atom. The zero-order valence-corrected chi connectivity index (χ0v) is 13.1. The summed E-state index contributed by atoms with van der Waals surface area (Å²) in [5.41, 5.74) is 1.79. The van der Waals surface area contributed by atoms with Crippen molar-refractivity contribution < 1.29 is 0 Å². The van der Waals surface area contributed by atoms with Crippen LogP contribution in [0.1, 0.15) is 34.6 Å². The van der Waals surface area contributed by atoms with Gasteiger partial charge in [-0.25, -0.2) is 0 Å². The average molecular weight is 263 g/mol. The minimum Gasteiger partial charge on any atom is -0.264 e. The molecule has 1 rings (SSSR count). The number of hydrogen-bond acceptors (Lipinski definition) is 2. The Morgan fingerprint density at radius 1 is 1.17 bits per heavy atom. The first-order valence-electron chi connectivity index (χ1n) is 6.28. The summed E-state index contributed by atoms with van der Waals surface area (Å²) in [7, 11) is 0. The van der Waals surface area contributed by atoms with Gasteiger partial charge in [-0.15, -0.1) is 0 Å². The largest absolute Gasteiger partial charge is 0.264 e. The molecule has 0 N–H and O–H groups in total. The summed E-state index contributed by atoms with van der Waals surface area (Å²) in [4.78, 5) is 4.07. The molecular formula is C16H25NS. The van der Waals surface area contributed by atoms with Crippen LogP contribution in [0, 0.1) is 5.41 Å². The summed E-state index contributed by atoms with van der Waals surface area (Å²) in [5, 5.41) is 0.